The standard InChI is InChI=1S/C16H24ClNOS/c1-2-8-18-16(13-5-4-9-19-11-13)12-20-15-7-3-6-14(17)10-15/h3,6-7,10,13,16,18H,2,4-5,8-9,11-12H2,1H3. The van der Waals surface area contributed by atoms with Gasteiger partial charge in [-0.1, -0.05) is 24.6 Å². The number of thioether (sulfide) groups is 1. The van der Waals surface area contributed by atoms with Gasteiger partial charge in [-0.3, -0.25) is 0 Å². The van der Waals surface area contributed by atoms with Crippen LogP contribution in [0.15, 0.2) is 29.2 Å². The third kappa shape index (κ3) is 5.28. The average Bonchev–Trinajstić information content (AvgIpc) is 2.48. The summed E-state index contributed by atoms with van der Waals surface area (Å²) in [5, 5.41) is 4.50. The minimum absolute atomic E-state index is 0.527. The quantitative estimate of drug-likeness (QED) is 0.761. The van der Waals surface area contributed by atoms with Gasteiger partial charge < -0.3 is 10.1 Å². The molecule has 0 bridgehead atoms. The summed E-state index contributed by atoms with van der Waals surface area (Å²) in [6, 6.07) is 8.64. The molecule has 4 heteroatoms. The maximum Gasteiger partial charge on any atom is 0.0509 e. The van der Waals surface area contributed by atoms with Crippen molar-refractivity contribution in [3.05, 3.63) is 29.3 Å². The first-order valence-corrected chi connectivity index (χ1v) is 8.85. The number of nitrogens with one attached hydrogen (secondary N) is 1. The number of hydrogen-bond donors (Lipinski definition) is 1. The predicted octanol–water partition coefficient (Wildman–Crippen LogP) is 4.23. The lowest BCUT2D eigenvalue weighted by Gasteiger charge is -2.31. The van der Waals surface area contributed by atoms with E-state index < -0.39 is 0 Å². The van der Waals surface area contributed by atoms with E-state index in [1.54, 1.807) is 0 Å². The SMILES string of the molecule is CCCNC(CSc1cccc(Cl)c1)C1CCCOC1. The summed E-state index contributed by atoms with van der Waals surface area (Å²) in [4.78, 5) is 1.25. The van der Waals surface area contributed by atoms with E-state index in [1.807, 2.05) is 30.0 Å². The van der Waals surface area contributed by atoms with Crippen LogP contribution in [0.5, 0.6) is 0 Å². The topological polar surface area (TPSA) is 21.3 Å². The number of rotatable bonds is 7. The number of ether oxygens (including phenoxy) is 1. The van der Waals surface area contributed by atoms with Crippen LogP contribution in [0.2, 0.25) is 5.02 Å². The van der Waals surface area contributed by atoms with Gasteiger partial charge in [-0.25, -0.2) is 0 Å². The van der Waals surface area contributed by atoms with Crippen molar-refractivity contribution in [1.82, 2.24) is 5.32 Å². The minimum atomic E-state index is 0.527. The maximum atomic E-state index is 6.04. The summed E-state index contributed by atoms with van der Waals surface area (Å²) in [5.41, 5.74) is 0. The monoisotopic (exact) mass is 313 g/mol. The third-order valence-corrected chi connectivity index (χ3v) is 4.99. The Morgan fingerprint density at radius 3 is 3.10 bits per heavy atom. The van der Waals surface area contributed by atoms with Gasteiger partial charge in [0.1, 0.15) is 0 Å². The van der Waals surface area contributed by atoms with Crippen molar-refractivity contribution in [3.8, 4) is 0 Å². The van der Waals surface area contributed by atoms with Gasteiger partial charge in [0.25, 0.3) is 0 Å². The second-order valence-electron chi connectivity index (χ2n) is 5.31. The summed E-state index contributed by atoms with van der Waals surface area (Å²) in [6.45, 7) is 5.12. The largest absolute Gasteiger partial charge is 0.381 e. The lowest BCUT2D eigenvalue weighted by Crippen LogP contribution is -2.42. The molecule has 1 N–H and O–H groups in total. The smallest absolute Gasteiger partial charge is 0.0509 e. The first-order valence-electron chi connectivity index (χ1n) is 7.49. The molecule has 2 nitrogen and oxygen atoms in total. The molecule has 1 heterocycles. The van der Waals surface area contributed by atoms with Crippen molar-refractivity contribution < 1.29 is 4.74 Å². The van der Waals surface area contributed by atoms with Crippen molar-refractivity contribution in [2.75, 3.05) is 25.5 Å². The van der Waals surface area contributed by atoms with Gasteiger partial charge in [-0.2, -0.15) is 0 Å². The highest BCUT2D eigenvalue weighted by atomic mass is 35.5. The molecule has 112 valence electrons. The van der Waals surface area contributed by atoms with Gasteiger partial charge in [-0.15, -0.1) is 11.8 Å². The first kappa shape index (κ1) is 16.2. The molecule has 2 atom stereocenters. The molecule has 2 rings (SSSR count). The highest BCUT2D eigenvalue weighted by Crippen LogP contribution is 2.26. The van der Waals surface area contributed by atoms with Gasteiger partial charge in [0.15, 0.2) is 0 Å². The first-order chi connectivity index (χ1) is 9.79. The van der Waals surface area contributed by atoms with Gasteiger partial charge >= 0.3 is 0 Å². The fraction of sp³-hybridized carbons (Fsp3) is 0.625. The van der Waals surface area contributed by atoms with Crippen LogP contribution in [0.25, 0.3) is 0 Å². The highest BCUT2D eigenvalue weighted by Gasteiger charge is 2.23. The summed E-state index contributed by atoms with van der Waals surface area (Å²) in [6.07, 6.45) is 3.64. The Kier molecular flexibility index (Phi) is 7.22. The maximum absolute atomic E-state index is 6.04. The van der Waals surface area contributed by atoms with Crippen LogP contribution >= 0.6 is 23.4 Å². The normalized spacial score (nSPS) is 20.8. The van der Waals surface area contributed by atoms with Crippen LogP contribution in [-0.2, 0) is 4.74 Å². The van der Waals surface area contributed by atoms with Crippen LogP contribution < -0.4 is 5.32 Å². The molecule has 1 fully saturated rings. The van der Waals surface area contributed by atoms with E-state index in [2.05, 4.69) is 18.3 Å². The highest BCUT2D eigenvalue weighted by molar-refractivity contribution is 7.99. The molecule has 1 aromatic carbocycles. The van der Waals surface area contributed by atoms with E-state index in [0.717, 1.165) is 30.5 Å². The number of hydrogen-bond acceptors (Lipinski definition) is 3. The molecular weight excluding hydrogens is 290 g/mol. The Hall–Kier alpha value is -0.220. The van der Waals surface area contributed by atoms with Gasteiger partial charge in [-0.05, 0) is 49.9 Å². The van der Waals surface area contributed by atoms with Gasteiger partial charge in [0.2, 0.25) is 0 Å². The van der Waals surface area contributed by atoms with Crippen LogP contribution in [0.1, 0.15) is 26.2 Å². The van der Waals surface area contributed by atoms with E-state index >= 15 is 0 Å². The second kappa shape index (κ2) is 8.93. The van der Waals surface area contributed by atoms with E-state index in [0.29, 0.717) is 12.0 Å². The van der Waals surface area contributed by atoms with E-state index in [-0.39, 0.29) is 0 Å². The van der Waals surface area contributed by atoms with Crippen LogP contribution in [0.3, 0.4) is 0 Å². The zero-order valence-electron chi connectivity index (χ0n) is 12.1. The van der Waals surface area contributed by atoms with Crippen LogP contribution in [0, 0.1) is 5.92 Å². The van der Waals surface area contributed by atoms with E-state index in [1.165, 1.54) is 24.2 Å². The van der Waals surface area contributed by atoms with E-state index in [9.17, 15) is 0 Å². The second-order valence-corrected chi connectivity index (χ2v) is 6.84. The third-order valence-electron chi connectivity index (χ3n) is 3.65. The summed E-state index contributed by atoms with van der Waals surface area (Å²) >= 11 is 7.93. The Morgan fingerprint density at radius 1 is 1.50 bits per heavy atom. The summed E-state index contributed by atoms with van der Waals surface area (Å²) < 4.78 is 5.64. The zero-order chi connectivity index (χ0) is 14.2. The molecule has 20 heavy (non-hydrogen) atoms. The van der Waals surface area contributed by atoms with Crippen molar-refractivity contribution in [1.29, 1.82) is 0 Å². The minimum Gasteiger partial charge on any atom is -0.381 e. The fourth-order valence-corrected chi connectivity index (χ4v) is 3.92. The lowest BCUT2D eigenvalue weighted by molar-refractivity contribution is 0.0427. The molecule has 0 amide bonds. The van der Waals surface area contributed by atoms with Gasteiger partial charge in [0, 0.05) is 28.3 Å². The predicted molar refractivity (Wildman–Crippen MR) is 87.8 cm³/mol. The molecule has 1 aliphatic rings. The molecule has 0 spiro atoms. The molecule has 0 aromatic heterocycles. The summed E-state index contributed by atoms with van der Waals surface area (Å²) in [5.74, 6) is 1.72. The molecule has 1 aliphatic heterocycles. The Bertz CT molecular complexity index is 396. The summed E-state index contributed by atoms with van der Waals surface area (Å²) in [7, 11) is 0. The number of benzene rings is 1. The Labute approximate surface area is 131 Å². The van der Waals surface area contributed by atoms with Crippen LogP contribution in [0.4, 0.5) is 0 Å². The fourth-order valence-electron chi connectivity index (χ4n) is 2.52. The van der Waals surface area contributed by atoms with Crippen LogP contribution in [-0.4, -0.2) is 31.6 Å². The van der Waals surface area contributed by atoms with E-state index in [4.69, 9.17) is 16.3 Å². The molecule has 0 aliphatic carbocycles. The molecule has 0 saturated carbocycles. The molecule has 0 radical (unpaired) electrons. The Morgan fingerprint density at radius 2 is 2.40 bits per heavy atom. The molecular formula is C16H24ClNOS. The van der Waals surface area contributed by atoms with Crippen molar-refractivity contribution in [2.45, 2.75) is 37.1 Å². The van der Waals surface area contributed by atoms with Crippen molar-refractivity contribution in [2.24, 2.45) is 5.92 Å². The van der Waals surface area contributed by atoms with Crippen molar-refractivity contribution in [3.63, 3.8) is 0 Å². The molecule has 2 unspecified atom stereocenters. The average molecular weight is 314 g/mol. The van der Waals surface area contributed by atoms with Gasteiger partial charge in [0.05, 0.1) is 6.61 Å². The number of halogens is 1. The zero-order valence-corrected chi connectivity index (χ0v) is 13.7. The lowest BCUT2D eigenvalue weighted by atomic mass is 9.95. The van der Waals surface area contributed by atoms with Crippen molar-refractivity contribution >= 4 is 23.4 Å². The molecule has 1 aromatic rings. The Balaban J connectivity index is 1.89. The molecule has 1 saturated heterocycles.